The van der Waals surface area contributed by atoms with Crippen molar-refractivity contribution in [3.63, 3.8) is 0 Å². The molecule has 0 unspecified atom stereocenters. The van der Waals surface area contributed by atoms with Gasteiger partial charge in [-0.1, -0.05) is 91.0 Å². The molecular formula is C27H24O. The number of rotatable bonds is 6. The van der Waals surface area contributed by atoms with Gasteiger partial charge in [0.15, 0.2) is 0 Å². The monoisotopic (exact) mass is 364 g/mol. The first kappa shape index (κ1) is 18.1. The van der Waals surface area contributed by atoms with Gasteiger partial charge in [-0.05, 0) is 64.8 Å². The standard InChI is InChI=1S/C27H24O/c28-27-15-12-23(13-16-27)17-24-11-14-25(18-21-7-3-1-4-8-21)26(20-24)19-22-9-5-2-6-10-22/h1-16,20,28H,17-19H2. The van der Waals surface area contributed by atoms with Gasteiger partial charge in [-0.15, -0.1) is 0 Å². The predicted molar refractivity (Wildman–Crippen MR) is 116 cm³/mol. The molecular weight excluding hydrogens is 340 g/mol. The Bertz CT molecular complexity index is 1020. The zero-order valence-corrected chi connectivity index (χ0v) is 15.9. The summed E-state index contributed by atoms with van der Waals surface area (Å²) in [5.74, 6) is 0.312. The summed E-state index contributed by atoms with van der Waals surface area (Å²) in [4.78, 5) is 0. The van der Waals surface area contributed by atoms with E-state index < -0.39 is 0 Å². The molecule has 0 bridgehead atoms. The molecule has 0 atom stereocenters. The average Bonchev–Trinajstić information content (AvgIpc) is 2.73. The Morgan fingerprint density at radius 2 is 0.929 bits per heavy atom. The van der Waals surface area contributed by atoms with Crippen LogP contribution in [-0.4, -0.2) is 5.11 Å². The summed E-state index contributed by atoms with van der Waals surface area (Å²) in [6.07, 6.45) is 2.75. The third-order valence-corrected chi connectivity index (χ3v) is 5.09. The Hall–Kier alpha value is -3.32. The van der Waals surface area contributed by atoms with Crippen LogP contribution in [0.4, 0.5) is 0 Å². The molecule has 0 saturated carbocycles. The molecule has 1 N–H and O–H groups in total. The van der Waals surface area contributed by atoms with Crippen LogP contribution in [0.5, 0.6) is 5.75 Å². The van der Waals surface area contributed by atoms with Crippen LogP contribution in [0.3, 0.4) is 0 Å². The van der Waals surface area contributed by atoms with E-state index in [-0.39, 0.29) is 0 Å². The lowest BCUT2D eigenvalue weighted by Gasteiger charge is -2.13. The van der Waals surface area contributed by atoms with Gasteiger partial charge in [0.2, 0.25) is 0 Å². The Morgan fingerprint density at radius 1 is 0.429 bits per heavy atom. The predicted octanol–water partition coefficient (Wildman–Crippen LogP) is 6.16. The zero-order valence-electron chi connectivity index (χ0n) is 15.9. The third kappa shape index (κ3) is 4.69. The van der Waals surface area contributed by atoms with E-state index in [4.69, 9.17) is 0 Å². The van der Waals surface area contributed by atoms with Gasteiger partial charge in [0.25, 0.3) is 0 Å². The fourth-order valence-corrected chi connectivity index (χ4v) is 3.61. The molecule has 0 amide bonds. The number of hydrogen-bond acceptors (Lipinski definition) is 1. The zero-order chi connectivity index (χ0) is 19.2. The van der Waals surface area contributed by atoms with Crippen LogP contribution in [0, 0.1) is 0 Å². The van der Waals surface area contributed by atoms with Gasteiger partial charge in [0, 0.05) is 0 Å². The number of hydrogen-bond donors (Lipinski definition) is 1. The quantitative estimate of drug-likeness (QED) is 0.434. The van der Waals surface area contributed by atoms with Crippen LogP contribution in [-0.2, 0) is 19.3 Å². The molecule has 4 rings (SSSR count). The highest BCUT2D eigenvalue weighted by Crippen LogP contribution is 2.22. The minimum absolute atomic E-state index is 0.312. The molecule has 138 valence electrons. The number of benzene rings is 4. The maximum atomic E-state index is 9.51. The first-order valence-corrected chi connectivity index (χ1v) is 9.73. The summed E-state index contributed by atoms with van der Waals surface area (Å²) in [5, 5.41) is 9.51. The van der Waals surface area contributed by atoms with Crippen LogP contribution in [0.1, 0.15) is 33.4 Å². The molecule has 4 aromatic carbocycles. The smallest absolute Gasteiger partial charge is 0.115 e. The topological polar surface area (TPSA) is 20.2 Å². The van der Waals surface area contributed by atoms with Crippen LogP contribution < -0.4 is 0 Å². The van der Waals surface area contributed by atoms with E-state index in [0.717, 1.165) is 19.3 Å². The van der Waals surface area contributed by atoms with Crippen molar-refractivity contribution in [3.05, 3.63) is 137 Å². The molecule has 0 aliphatic rings. The average molecular weight is 364 g/mol. The third-order valence-electron chi connectivity index (χ3n) is 5.09. The van der Waals surface area contributed by atoms with Gasteiger partial charge in [-0.3, -0.25) is 0 Å². The fourth-order valence-electron chi connectivity index (χ4n) is 3.61. The van der Waals surface area contributed by atoms with E-state index in [1.54, 1.807) is 12.1 Å². The highest BCUT2D eigenvalue weighted by atomic mass is 16.3. The maximum absolute atomic E-state index is 9.51. The minimum atomic E-state index is 0.312. The molecule has 1 heteroatoms. The van der Waals surface area contributed by atoms with Crippen molar-refractivity contribution < 1.29 is 5.11 Å². The largest absolute Gasteiger partial charge is 0.508 e. The van der Waals surface area contributed by atoms with Gasteiger partial charge in [-0.2, -0.15) is 0 Å². The molecule has 0 aromatic heterocycles. The van der Waals surface area contributed by atoms with E-state index in [1.807, 2.05) is 12.1 Å². The second-order valence-corrected chi connectivity index (χ2v) is 7.27. The van der Waals surface area contributed by atoms with E-state index >= 15 is 0 Å². The highest BCUT2D eigenvalue weighted by Gasteiger charge is 2.08. The van der Waals surface area contributed by atoms with Crippen LogP contribution >= 0.6 is 0 Å². The lowest BCUT2D eigenvalue weighted by Crippen LogP contribution is -2.00. The molecule has 4 aromatic rings. The van der Waals surface area contributed by atoms with Crippen LogP contribution in [0.15, 0.2) is 103 Å². The first-order chi connectivity index (χ1) is 13.8. The van der Waals surface area contributed by atoms with E-state index in [9.17, 15) is 5.11 Å². The Balaban J connectivity index is 1.64. The molecule has 28 heavy (non-hydrogen) atoms. The van der Waals surface area contributed by atoms with E-state index in [2.05, 4.69) is 78.9 Å². The SMILES string of the molecule is Oc1ccc(Cc2ccc(Cc3ccccc3)c(Cc3ccccc3)c2)cc1. The van der Waals surface area contributed by atoms with Gasteiger partial charge in [0.1, 0.15) is 5.75 Å². The second kappa shape index (κ2) is 8.58. The number of aromatic hydroxyl groups is 1. The van der Waals surface area contributed by atoms with Gasteiger partial charge < -0.3 is 5.11 Å². The molecule has 0 heterocycles. The molecule has 0 aliphatic carbocycles. The fraction of sp³-hybridized carbons (Fsp3) is 0.111. The number of phenolic OH excluding ortho intramolecular Hbond substituents is 1. The molecule has 0 fully saturated rings. The maximum Gasteiger partial charge on any atom is 0.115 e. The lowest BCUT2D eigenvalue weighted by atomic mass is 9.92. The molecule has 0 radical (unpaired) electrons. The van der Waals surface area contributed by atoms with Crippen molar-refractivity contribution in [2.24, 2.45) is 0 Å². The van der Waals surface area contributed by atoms with Crippen molar-refractivity contribution >= 4 is 0 Å². The van der Waals surface area contributed by atoms with Crippen molar-refractivity contribution in [3.8, 4) is 5.75 Å². The van der Waals surface area contributed by atoms with Crippen molar-refractivity contribution in [1.82, 2.24) is 0 Å². The minimum Gasteiger partial charge on any atom is -0.508 e. The van der Waals surface area contributed by atoms with E-state index in [0.29, 0.717) is 5.75 Å². The summed E-state index contributed by atoms with van der Waals surface area (Å²) in [6.45, 7) is 0. The Morgan fingerprint density at radius 3 is 1.54 bits per heavy atom. The lowest BCUT2D eigenvalue weighted by molar-refractivity contribution is 0.475. The van der Waals surface area contributed by atoms with Crippen molar-refractivity contribution in [1.29, 1.82) is 0 Å². The summed E-state index contributed by atoms with van der Waals surface area (Å²) in [7, 11) is 0. The summed E-state index contributed by atoms with van der Waals surface area (Å²) < 4.78 is 0. The molecule has 1 nitrogen and oxygen atoms in total. The van der Waals surface area contributed by atoms with Crippen LogP contribution in [0.2, 0.25) is 0 Å². The highest BCUT2D eigenvalue weighted by molar-refractivity contribution is 5.41. The van der Waals surface area contributed by atoms with Crippen molar-refractivity contribution in [2.45, 2.75) is 19.3 Å². The Labute approximate surface area is 166 Å². The molecule has 0 aliphatic heterocycles. The van der Waals surface area contributed by atoms with Crippen molar-refractivity contribution in [2.75, 3.05) is 0 Å². The normalized spacial score (nSPS) is 10.7. The molecule has 0 saturated heterocycles. The van der Waals surface area contributed by atoms with E-state index in [1.165, 1.54) is 33.4 Å². The Kier molecular flexibility index (Phi) is 5.53. The molecule has 0 spiro atoms. The summed E-state index contributed by atoms with van der Waals surface area (Å²) >= 11 is 0. The van der Waals surface area contributed by atoms with Gasteiger partial charge >= 0.3 is 0 Å². The van der Waals surface area contributed by atoms with Crippen LogP contribution in [0.25, 0.3) is 0 Å². The first-order valence-electron chi connectivity index (χ1n) is 9.73. The van der Waals surface area contributed by atoms with Gasteiger partial charge in [0.05, 0.1) is 0 Å². The number of phenols is 1. The summed E-state index contributed by atoms with van der Waals surface area (Å²) in [5.41, 5.74) is 7.94. The second-order valence-electron chi connectivity index (χ2n) is 7.27. The van der Waals surface area contributed by atoms with Gasteiger partial charge in [-0.25, -0.2) is 0 Å². The summed E-state index contributed by atoms with van der Waals surface area (Å²) in [6, 6.07) is 35.7.